The van der Waals surface area contributed by atoms with Crippen molar-refractivity contribution in [2.45, 2.75) is 0 Å². The van der Waals surface area contributed by atoms with Gasteiger partial charge in [-0.1, -0.05) is 29.3 Å². The number of pyridine rings is 1. The van der Waals surface area contributed by atoms with Gasteiger partial charge in [0.15, 0.2) is 5.82 Å². The third-order valence-corrected chi connectivity index (χ3v) is 2.45. The fourth-order valence-corrected chi connectivity index (χ4v) is 1.53. The van der Waals surface area contributed by atoms with E-state index in [-0.39, 0.29) is 0 Å². The van der Waals surface area contributed by atoms with Crippen molar-refractivity contribution in [3.8, 4) is 0 Å². The molecule has 1 aromatic heterocycles. The molecule has 5 heteroatoms. The molecule has 2 N–H and O–H groups in total. The molecular formula is C11H9Cl2N3. The minimum absolute atomic E-state index is 0.553. The minimum Gasteiger partial charge on any atom is -0.300 e. The maximum absolute atomic E-state index is 5.93. The van der Waals surface area contributed by atoms with Crippen LogP contribution >= 0.6 is 23.2 Å². The van der Waals surface area contributed by atoms with E-state index in [0.717, 1.165) is 5.69 Å². The monoisotopic (exact) mass is 253 g/mol. The molecule has 0 bridgehead atoms. The van der Waals surface area contributed by atoms with Crippen LogP contribution in [0.4, 0.5) is 11.5 Å². The molecule has 0 fully saturated rings. The lowest BCUT2D eigenvalue weighted by Crippen LogP contribution is -2.10. The molecule has 2 rings (SSSR count). The number of hydrogen-bond acceptors (Lipinski definition) is 3. The van der Waals surface area contributed by atoms with Crippen molar-refractivity contribution in [1.82, 2.24) is 4.98 Å². The molecule has 0 spiro atoms. The number of rotatable bonds is 3. The molecule has 1 aromatic carbocycles. The SMILES string of the molecule is Clc1cccc(NNc2ncccc2Cl)c1. The van der Waals surface area contributed by atoms with Crippen LogP contribution in [0, 0.1) is 0 Å². The second kappa shape index (κ2) is 5.05. The highest BCUT2D eigenvalue weighted by Gasteiger charge is 1.99. The summed E-state index contributed by atoms with van der Waals surface area (Å²) in [5.74, 6) is 0.573. The number of nitrogens with one attached hydrogen (secondary N) is 2. The number of hydrogen-bond donors (Lipinski definition) is 2. The summed E-state index contributed by atoms with van der Waals surface area (Å²) in [6, 6.07) is 10.9. The van der Waals surface area contributed by atoms with E-state index in [1.807, 2.05) is 12.1 Å². The van der Waals surface area contributed by atoms with Crippen molar-refractivity contribution < 1.29 is 0 Å². The van der Waals surface area contributed by atoms with Gasteiger partial charge < -0.3 is 0 Å². The smallest absolute Gasteiger partial charge is 0.163 e. The Morgan fingerprint density at radius 2 is 1.88 bits per heavy atom. The van der Waals surface area contributed by atoms with Crippen LogP contribution in [0.5, 0.6) is 0 Å². The second-order valence-electron chi connectivity index (χ2n) is 3.09. The molecule has 0 amide bonds. The Morgan fingerprint density at radius 1 is 1.00 bits per heavy atom. The van der Waals surface area contributed by atoms with Gasteiger partial charge in [-0.3, -0.25) is 10.9 Å². The first-order chi connectivity index (χ1) is 7.75. The average Bonchev–Trinajstić information content (AvgIpc) is 2.28. The lowest BCUT2D eigenvalue weighted by Gasteiger charge is -2.09. The standard InChI is InChI=1S/C11H9Cl2N3/c12-8-3-1-4-9(7-8)15-16-11-10(13)5-2-6-14-11/h1-7,15H,(H,14,16). The minimum atomic E-state index is 0.553. The van der Waals surface area contributed by atoms with Crippen LogP contribution in [0.15, 0.2) is 42.6 Å². The molecule has 1 heterocycles. The zero-order valence-corrected chi connectivity index (χ0v) is 9.76. The molecule has 0 aliphatic rings. The number of hydrazine groups is 1. The van der Waals surface area contributed by atoms with Crippen LogP contribution < -0.4 is 10.9 Å². The number of halogens is 2. The van der Waals surface area contributed by atoms with Crippen LogP contribution in [0.3, 0.4) is 0 Å². The van der Waals surface area contributed by atoms with E-state index in [1.54, 1.807) is 30.5 Å². The summed E-state index contributed by atoms with van der Waals surface area (Å²) in [5.41, 5.74) is 6.71. The zero-order valence-electron chi connectivity index (χ0n) is 8.24. The van der Waals surface area contributed by atoms with Gasteiger partial charge in [0, 0.05) is 11.2 Å². The Labute approximate surface area is 103 Å². The fourth-order valence-electron chi connectivity index (χ4n) is 1.18. The third kappa shape index (κ3) is 2.78. The molecule has 0 saturated carbocycles. The topological polar surface area (TPSA) is 37.0 Å². The largest absolute Gasteiger partial charge is 0.300 e. The summed E-state index contributed by atoms with van der Waals surface area (Å²) in [6.07, 6.45) is 1.66. The molecule has 0 aliphatic heterocycles. The fraction of sp³-hybridized carbons (Fsp3) is 0. The van der Waals surface area contributed by atoms with Gasteiger partial charge >= 0.3 is 0 Å². The van der Waals surface area contributed by atoms with Crippen molar-refractivity contribution in [2.24, 2.45) is 0 Å². The lowest BCUT2D eigenvalue weighted by atomic mass is 10.3. The highest BCUT2D eigenvalue weighted by Crippen LogP contribution is 2.19. The molecule has 0 saturated heterocycles. The summed E-state index contributed by atoms with van der Waals surface area (Å²) in [7, 11) is 0. The molecule has 0 aliphatic carbocycles. The molecule has 2 aromatic rings. The number of aromatic nitrogens is 1. The van der Waals surface area contributed by atoms with Crippen molar-refractivity contribution in [1.29, 1.82) is 0 Å². The first-order valence-corrected chi connectivity index (χ1v) is 5.39. The second-order valence-corrected chi connectivity index (χ2v) is 3.94. The quantitative estimate of drug-likeness (QED) is 0.817. The molecule has 0 radical (unpaired) electrons. The number of benzene rings is 1. The Morgan fingerprint density at radius 3 is 2.62 bits per heavy atom. The van der Waals surface area contributed by atoms with Crippen molar-refractivity contribution in [3.05, 3.63) is 52.6 Å². The van der Waals surface area contributed by atoms with E-state index in [0.29, 0.717) is 15.9 Å². The van der Waals surface area contributed by atoms with Gasteiger partial charge in [-0.15, -0.1) is 0 Å². The van der Waals surface area contributed by atoms with E-state index >= 15 is 0 Å². The average molecular weight is 254 g/mol. The van der Waals surface area contributed by atoms with E-state index in [1.165, 1.54) is 0 Å². The normalized spacial score (nSPS) is 9.88. The van der Waals surface area contributed by atoms with Gasteiger partial charge in [0.1, 0.15) is 0 Å². The van der Waals surface area contributed by atoms with Crippen LogP contribution in [-0.4, -0.2) is 4.98 Å². The summed E-state index contributed by atoms with van der Waals surface area (Å²) < 4.78 is 0. The number of anilines is 2. The Balaban J connectivity index is 2.05. The zero-order chi connectivity index (χ0) is 11.4. The van der Waals surface area contributed by atoms with Crippen LogP contribution in [0.25, 0.3) is 0 Å². The van der Waals surface area contributed by atoms with Crippen LogP contribution in [0.1, 0.15) is 0 Å². The van der Waals surface area contributed by atoms with E-state index in [4.69, 9.17) is 23.2 Å². The molecular weight excluding hydrogens is 245 g/mol. The lowest BCUT2D eigenvalue weighted by molar-refractivity contribution is 1.26. The molecule has 16 heavy (non-hydrogen) atoms. The van der Waals surface area contributed by atoms with E-state index in [2.05, 4.69) is 15.8 Å². The summed E-state index contributed by atoms with van der Waals surface area (Å²) in [5, 5.41) is 1.22. The first-order valence-electron chi connectivity index (χ1n) is 4.64. The van der Waals surface area contributed by atoms with Crippen molar-refractivity contribution in [3.63, 3.8) is 0 Å². The predicted molar refractivity (Wildman–Crippen MR) is 67.9 cm³/mol. The van der Waals surface area contributed by atoms with Crippen LogP contribution in [0.2, 0.25) is 10.0 Å². The molecule has 0 unspecified atom stereocenters. The summed E-state index contributed by atoms with van der Waals surface area (Å²) in [4.78, 5) is 4.08. The van der Waals surface area contributed by atoms with Gasteiger partial charge in [0.05, 0.1) is 10.7 Å². The molecule has 3 nitrogen and oxygen atoms in total. The predicted octanol–water partition coefficient (Wildman–Crippen LogP) is 3.83. The van der Waals surface area contributed by atoms with Gasteiger partial charge in [0.2, 0.25) is 0 Å². The van der Waals surface area contributed by atoms with Gasteiger partial charge in [-0.2, -0.15) is 0 Å². The van der Waals surface area contributed by atoms with Gasteiger partial charge in [-0.25, -0.2) is 4.98 Å². The molecule has 82 valence electrons. The maximum atomic E-state index is 5.93. The van der Waals surface area contributed by atoms with Crippen LogP contribution in [-0.2, 0) is 0 Å². The van der Waals surface area contributed by atoms with E-state index < -0.39 is 0 Å². The van der Waals surface area contributed by atoms with Crippen molar-refractivity contribution >= 4 is 34.7 Å². The highest BCUT2D eigenvalue weighted by molar-refractivity contribution is 6.33. The Hall–Kier alpha value is -1.45. The Bertz CT molecular complexity index is 488. The summed E-state index contributed by atoms with van der Waals surface area (Å²) >= 11 is 11.8. The van der Waals surface area contributed by atoms with Gasteiger partial charge in [0.25, 0.3) is 0 Å². The number of nitrogens with zero attached hydrogens (tertiary/aromatic N) is 1. The van der Waals surface area contributed by atoms with Crippen molar-refractivity contribution in [2.75, 3.05) is 10.9 Å². The molecule has 0 atom stereocenters. The third-order valence-electron chi connectivity index (χ3n) is 1.91. The van der Waals surface area contributed by atoms with E-state index in [9.17, 15) is 0 Å². The Kier molecular flexibility index (Phi) is 3.49. The summed E-state index contributed by atoms with van der Waals surface area (Å²) in [6.45, 7) is 0. The maximum Gasteiger partial charge on any atom is 0.163 e. The van der Waals surface area contributed by atoms with Gasteiger partial charge in [-0.05, 0) is 30.3 Å². The highest BCUT2D eigenvalue weighted by atomic mass is 35.5. The first kappa shape index (κ1) is 11.0.